The molecule has 36 heavy (non-hydrogen) atoms. The lowest BCUT2D eigenvalue weighted by Gasteiger charge is -2.43. The first-order chi connectivity index (χ1) is 16.9. The Kier molecular flexibility index (Phi) is 8.03. The highest BCUT2D eigenvalue weighted by atomic mass is 32.2. The first-order valence-electron chi connectivity index (χ1n) is 13.3. The van der Waals surface area contributed by atoms with Gasteiger partial charge in [-0.1, -0.05) is 6.42 Å². The molecule has 3 aliphatic rings. The lowest BCUT2D eigenvalue weighted by Crippen LogP contribution is -2.60. The van der Waals surface area contributed by atoms with Gasteiger partial charge in [-0.2, -0.15) is 0 Å². The molecular formula is C27H44N4O4S. The van der Waals surface area contributed by atoms with E-state index in [1.54, 1.807) is 0 Å². The summed E-state index contributed by atoms with van der Waals surface area (Å²) < 4.78 is 27.0. The Morgan fingerprint density at radius 3 is 2.42 bits per heavy atom. The highest BCUT2D eigenvalue weighted by molar-refractivity contribution is 7.84. The normalized spacial score (nSPS) is 23.4. The average molecular weight is 521 g/mol. The molecule has 1 aliphatic carbocycles. The second-order valence-corrected chi connectivity index (χ2v) is 14.6. The van der Waals surface area contributed by atoms with Crippen molar-refractivity contribution in [2.75, 3.05) is 37.7 Å². The molecule has 1 aromatic heterocycles. The van der Waals surface area contributed by atoms with Crippen LogP contribution in [-0.4, -0.2) is 69.4 Å². The van der Waals surface area contributed by atoms with Gasteiger partial charge in [-0.3, -0.25) is 4.98 Å². The van der Waals surface area contributed by atoms with Crippen LogP contribution in [0.3, 0.4) is 0 Å². The number of nitrogens with zero attached hydrogens (tertiary/aromatic N) is 3. The minimum atomic E-state index is -1.22. The Morgan fingerprint density at radius 2 is 1.92 bits per heavy atom. The zero-order valence-corrected chi connectivity index (χ0v) is 23.7. The zero-order valence-electron chi connectivity index (χ0n) is 22.8. The molecule has 8 nitrogen and oxygen atoms in total. The van der Waals surface area contributed by atoms with Gasteiger partial charge < -0.3 is 19.3 Å². The summed E-state index contributed by atoms with van der Waals surface area (Å²) in [6, 6.07) is 4.24. The van der Waals surface area contributed by atoms with Crippen LogP contribution in [0.15, 0.2) is 18.3 Å². The number of rotatable bonds is 7. The molecule has 0 aromatic carbocycles. The van der Waals surface area contributed by atoms with Crippen LogP contribution in [0.25, 0.3) is 0 Å². The number of piperidine rings is 1. The SMILES string of the molecule is CC(C)(C)OC(=O)N(CC1CCC1)[C@@H]1CCCN(c2ccc(C3(NS(=O)C(C)(C)C)COC3)nc2)C1. The fraction of sp³-hybridized carbons (Fsp3) is 0.778. The van der Waals surface area contributed by atoms with Gasteiger partial charge in [-0.25, -0.2) is 13.7 Å². The van der Waals surface area contributed by atoms with Crippen LogP contribution in [-0.2, 0) is 26.0 Å². The first-order valence-corrected chi connectivity index (χ1v) is 14.5. The maximum atomic E-state index is 13.2. The minimum Gasteiger partial charge on any atom is -0.444 e. The quantitative estimate of drug-likeness (QED) is 0.575. The number of aromatic nitrogens is 1. The van der Waals surface area contributed by atoms with Crippen molar-refractivity contribution in [1.82, 2.24) is 14.6 Å². The first kappa shape index (κ1) is 27.3. The molecule has 1 saturated carbocycles. The predicted molar refractivity (Wildman–Crippen MR) is 143 cm³/mol. The van der Waals surface area contributed by atoms with Crippen molar-refractivity contribution in [3.8, 4) is 0 Å². The number of carbonyl (C=O) groups excluding carboxylic acids is 1. The molecule has 2 atom stereocenters. The maximum Gasteiger partial charge on any atom is 0.410 e. The van der Waals surface area contributed by atoms with Gasteiger partial charge in [-0.05, 0) is 85.3 Å². The van der Waals surface area contributed by atoms with Crippen LogP contribution in [0.4, 0.5) is 10.5 Å². The Bertz CT molecular complexity index is 933. The summed E-state index contributed by atoms with van der Waals surface area (Å²) in [5.74, 6) is 0.584. The van der Waals surface area contributed by atoms with E-state index in [4.69, 9.17) is 14.5 Å². The molecule has 4 rings (SSSR count). The molecule has 2 aliphatic heterocycles. The van der Waals surface area contributed by atoms with Crippen molar-refractivity contribution in [1.29, 1.82) is 0 Å². The summed E-state index contributed by atoms with van der Waals surface area (Å²) in [4.78, 5) is 22.3. The van der Waals surface area contributed by atoms with Gasteiger partial charge in [0.25, 0.3) is 0 Å². The van der Waals surface area contributed by atoms with Crippen LogP contribution >= 0.6 is 0 Å². The molecule has 0 radical (unpaired) electrons. The number of nitrogens with one attached hydrogen (secondary N) is 1. The summed E-state index contributed by atoms with van der Waals surface area (Å²) in [6.07, 6.45) is 7.35. The molecule has 2 saturated heterocycles. The van der Waals surface area contributed by atoms with E-state index in [0.29, 0.717) is 19.1 Å². The van der Waals surface area contributed by atoms with Crippen molar-refractivity contribution >= 4 is 22.8 Å². The fourth-order valence-electron chi connectivity index (χ4n) is 4.84. The van der Waals surface area contributed by atoms with Gasteiger partial charge in [-0.15, -0.1) is 0 Å². The van der Waals surface area contributed by atoms with E-state index in [1.807, 2.05) is 58.7 Å². The Labute approximate surface area is 219 Å². The van der Waals surface area contributed by atoms with Crippen molar-refractivity contribution < 1.29 is 18.5 Å². The molecule has 9 heteroatoms. The van der Waals surface area contributed by atoms with E-state index < -0.39 is 22.1 Å². The number of pyridine rings is 1. The standard InChI is InChI=1S/C27H44N4O4S/c1-25(2,3)35-24(32)31(16-20-9-7-10-20)22-11-8-14-30(17-22)21-12-13-23(28-15-21)27(18-34-19-27)29-36(33)26(4,5)6/h12-13,15,20,22,29H,7-11,14,16-19H2,1-6H3/t22-,36?/m1/s1. The lowest BCUT2D eigenvalue weighted by molar-refractivity contribution is -0.0681. The van der Waals surface area contributed by atoms with E-state index >= 15 is 0 Å². The van der Waals surface area contributed by atoms with Gasteiger partial charge in [0, 0.05) is 19.6 Å². The van der Waals surface area contributed by atoms with Gasteiger partial charge in [0.15, 0.2) is 0 Å². The Morgan fingerprint density at radius 1 is 1.19 bits per heavy atom. The molecule has 1 amide bonds. The third-order valence-corrected chi connectivity index (χ3v) is 8.98. The molecule has 0 bridgehead atoms. The summed E-state index contributed by atoms with van der Waals surface area (Å²) in [5, 5.41) is 0. The summed E-state index contributed by atoms with van der Waals surface area (Å²) in [5.41, 5.74) is 0.874. The van der Waals surface area contributed by atoms with Gasteiger partial charge in [0.05, 0.1) is 52.6 Å². The summed E-state index contributed by atoms with van der Waals surface area (Å²) in [7, 11) is -1.22. The Balaban J connectivity index is 1.46. The monoisotopic (exact) mass is 520 g/mol. The molecule has 0 spiro atoms. The van der Waals surface area contributed by atoms with Gasteiger partial charge in [0.1, 0.15) is 11.1 Å². The third kappa shape index (κ3) is 6.40. The molecule has 1 unspecified atom stereocenters. The van der Waals surface area contributed by atoms with E-state index in [-0.39, 0.29) is 16.9 Å². The Hall–Kier alpha value is -1.71. The summed E-state index contributed by atoms with van der Waals surface area (Å²) in [6.45, 7) is 15.1. The van der Waals surface area contributed by atoms with E-state index in [9.17, 15) is 9.00 Å². The van der Waals surface area contributed by atoms with Crippen molar-refractivity contribution in [3.63, 3.8) is 0 Å². The van der Waals surface area contributed by atoms with Crippen LogP contribution in [0.5, 0.6) is 0 Å². The highest BCUT2D eigenvalue weighted by Gasteiger charge is 2.45. The van der Waals surface area contributed by atoms with Gasteiger partial charge in [0.2, 0.25) is 0 Å². The molecule has 3 fully saturated rings. The highest BCUT2D eigenvalue weighted by Crippen LogP contribution is 2.33. The van der Waals surface area contributed by atoms with Crippen molar-refractivity contribution in [3.05, 3.63) is 24.0 Å². The third-order valence-electron chi connectivity index (χ3n) is 7.29. The molecule has 1 aromatic rings. The predicted octanol–water partition coefficient (Wildman–Crippen LogP) is 4.36. The molecule has 202 valence electrons. The second kappa shape index (κ2) is 10.6. The maximum absolute atomic E-state index is 13.2. The molecular weight excluding hydrogens is 476 g/mol. The fourth-order valence-corrected chi connectivity index (χ4v) is 5.73. The minimum absolute atomic E-state index is 0.121. The van der Waals surface area contributed by atoms with Crippen LogP contribution in [0.1, 0.15) is 79.3 Å². The summed E-state index contributed by atoms with van der Waals surface area (Å²) >= 11 is 0. The number of hydrogen-bond acceptors (Lipinski definition) is 6. The van der Waals surface area contributed by atoms with E-state index in [1.165, 1.54) is 19.3 Å². The number of carbonyl (C=O) groups is 1. The van der Waals surface area contributed by atoms with Crippen LogP contribution in [0.2, 0.25) is 0 Å². The topological polar surface area (TPSA) is 84.0 Å². The van der Waals surface area contributed by atoms with E-state index in [0.717, 1.165) is 43.9 Å². The zero-order chi connectivity index (χ0) is 26.1. The number of hydrogen-bond donors (Lipinski definition) is 1. The van der Waals surface area contributed by atoms with Crippen LogP contribution in [0, 0.1) is 5.92 Å². The van der Waals surface area contributed by atoms with Gasteiger partial charge >= 0.3 is 6.09 Å². The van der Waals surface area contributed by atoms with Crippen LogP contribution < -0.4 is 9.62 Å². The number of ether oxygens (including phenoxy) is 2. The lowest BCUT2D eigenvalue weighted by atomic mass is 9.84. The molecule has 1 N–H and O–H groups in total. The molecule has 3 heterocycles. The average Bonchev–Trinajstić information content (AvgIpc) is 2.73. The number of anilines is 1. The van der Waals surface area contributed by atoms with E-state index in [2.05, 4.69) is 15.7 Å². The van der Waals surface area contributed by atoms with Crippen molar-refractivity contribution in [2.24, 2.45) is 5.92 Å². The largest absolute Gasteiger partial charge is 0.444 e. The smallest absolute Gasteiger partial charge is 0.410 e. The second-order valence-electron chi connectivity index (χ2n) is 12.6. The van der Waals surface area contributed by atoms with Crippen molar-refractivity contribution in [2.45, 2.75) is 95.6 Å². The number of amides is 1.